The van der Waals surface area contributed by atoms with Gasteiger partial charge < -0.3 is 0 Å². The van der Waals surface area contributed by atoms with Crippen LogP contribution in [0.5, 0.6) is 0 Å². The summed E-state index contributed by atoms with van der Waals surface area (Å²) >= 11 is 3.61. The van der Waals surface area contributed by atoms with Crippen molar-refractivity contribution in [1.29, 1.82) is 0 Å². The highest BCUT2D eigenvalue weighted by Crippen LogP contribution is 2.08. The van der Waals surface area contributed by atoms with Crippen LogP contribution >= 0.6 is 34.4 Å². The van der Waals surface area contributed by atoms with Crippen LogP contribution in [0.25, 0.3) is 0 Å². The maximum atomic E-state index is 4.09. The molecular formula is C5H6IN3S. The molecule has 1 aromatic heterocycles. The van der Waals surface area contributed by atoms with Crippen LogP contribution in [-0.2, 0) is 0 Å². The average Bonchev–Trinajstić information content (AvgIpc) is 1.85. The normalized spacial score (nSPS) is 9.90. The molecule has 0 fully saturated rings. The fourth-order valence-corrected chi connectivity index (χ4v) is 1.66. The Morgan fingerprint density at radius 3 is 2.50 bits per heavy atom. The molecule has 0 aliphatic carbocycles. The van der Waals surface area contributed by atoms with Gasteiger partial charge in [-0.3, -0.25) is 0 Å². The van der Waals surface area contributed by atoms with E-state index in [-0.39, 0.29) is 0 Å². The molecule has 0 unspecified atom stereocenters. The van der Waals surface area contributed by atoms with E-state index in [1.165, 1.54) is 11.8 Å². The van der Waals surface area contributed by atoms with Crippen molar-refractivity contribution in [2.45, 2.75) is 12.1 Å². The Labute approximate surface area is 77.2 Å². The lowest BCUT2D eigenvalue weighted by Crippen LogP contribution is -1.96. The summed E-state index contributed by atoms with van der Waals surface area (Å²) in [6.45, 7) is 1.86. The van der Waals surface area contributed by atoms with Gasteiger partial charge in [-0.2, -0.15) is 4.98 Å². The minimum absolute atomic E-state index is 0.759. The molecule has 1 rings (SSSR count). The molecule has 0 bridgehead atoms. The van der Waals surface area contributed by atoms with Crippen molar-refractivity contribution in [3.63, 3.8) is 0 Å². The fraction of sp³-hybridized carbons (Fsp3) is 0.400. The van der Waals surface area contributed by atoms with Gasteiger partial charge in [0.25, 0.3) is 0 Å². The first-order chi connectivity index (χ1) is 4.72. The summed E-state index contributed by atoms with van der Waals surface area (Å²) in [7, 11) is 0. The van der Waals surface area contributed by atoms with Crippen molar-refractivity contribution < 1.29 is 0 Å². The number of rotatable bonds is 1. The van der Waals surface area contributed by atoms with Gasteiger partial charge in [0.2, 0.25) is 0 Å². The highest BCUT2D eigenvalue weighted by Gasteiger charge is 1.97. The summed E-state index contributed by atoms with van der Waals surface area (Å²) in [6, 6.07) is 0. The van der Waals surface area contributed by atoms with Crippen LogP contribution in [0.4, 0.5) is 0 Å². The minimum atomic E-state index is 0.759. The van der Waals surface area contributed by atoms with Crippen LogP contribution in [0.3, 0.4) is 0 Å². The van der Waals surface area contributed by atoms with Crippen LogP contribution < -0.4 is 0 Å². The zero-order valence-corrected chi connectivity index (χ0v) is 8.60. The number of halogens is 1. The van der Waals surface area contributed by atoms with Crippen LogP contribution in [0, 0.1) is 10.8 Å². The van der Waals surface area contributed by atoms with Crippen molar-refractivity contribution in [3.8, 4) is 0 Å². The largest absolute Gasteiger partial charge is 0.208 e. The van der Waals surface area contributed by atoms with Crippen molar-refractivity contribution >= 4 is 34.4 Å². The third-order valence-corrected chi connectivity index (χ3v) is 1.91. The maximum Gasteiger partial charge on any atom is 0.194 e. The van der Waals surface area contributed by atoms with Crippen LogP contribution in [0.1, 0.15) is 5.82 Å². The molecule has 0 amide bonds. The Morgan fingerprint density at radius 1 is 1.30 bits per heavy atom. The lowest BCUT2D eigenvalue weighted by atomic mass is 10.7. The van der Waals surface area contributed by atoms with Gasteiger partial charge in [0, 0.05) is 22.6 Å². The predicted octanol–water partition coefficient (Wildman–Crippen LogP) is 1.51. The van der Waals surface area contributed by atoms with Crippen molar-refractivity contribution in [2.24, 2.45) is 0 Å². The molecule has 0 radical (unpaired) electrons. The molecule has 0 atom stereocenters. The van der Waals surface area contributed by atoms with E-state index in [2.05, 4.69) is 37.5 Å². The summed E-state index contributed by atoms with van der Waals surface area (Å²) in [6.07, 6.45) is 1.95. The Bertz CT molecular complexity index is 220. The van der Waals surface area contributed by atoms with Gasteiger partial charge in [-0.05, 0) is 13.2 Å². The second kappa shape index (κ2) is 3.47. The zero-order chi connectivity index (χ0) is 7.56. The average molecular weight is 267 g/mol. The maximum absolute atomic E-state index is 4.09. The van der Waals surface area contributed by atoms with E-state index in [0.717, 1.165) is 14.8 Å². The topological polar surface area (TPSA) is 38.7 Å². The lowest BCUT2D eigenvalue weighted by molar-refractivity contribution is 0.833. The summed E-state index contributed by atoms with van der Waals surface area (Å²) in [5, 5.41) is 0.789. The Kier molecular flexibility index (Phi) is 2.84. The number of aryl methyl sites for hydroxylation is 1. The minimum Gasteiger partial charge on any atom is -0.208 e. The zero-order valence-electron chi connectivity index (χ0n) is 5.63. The third kappa shape index (κ3) is 2.05. The highest BCUT2D eigenvalue weighted by atomic mass is 127. The summed E-state index contributed by atoms with van der Waals surface area (Å²) < 4.78 is 0.759. The monoisotopic (exact) mass is 267 g/mol. The summed E-state index contributed by atoms with van der Waals surface area (Å²) in [5.41, 5.74) is 0. The van der Waals surface area contributed by atoms with E-state index in [0.29, 0.717) is 0 Å². The molecule has 3 nitrogen and oxygen atoms in total. The first kappa shape index (κ1) is 8.19. The Morgan fingerprint density at radius 2 is 2.00 bits per heavy atom. The van der Waals surface area contributed by atoms with E-state index >= 15 is 0 Å². The molecule has 0 N–H and O–H groups in total. The summed E-state index contributed by atoms with van der Waals surface area (Å²) in [5.74, 6) is 0.781. The van der Waals surface area contributed by atoms with Crippen LogP contribution in [-0.4, -0.2) is 21.2 Å². The molecule has 1 heterocycles. The molecule has 0 spiro atoms. The molecule has 0 saturated carbocycles. The highest BCUT2D eigenvalue weighted by molar-refractivity contribution is 14.1. The van der Waals surface area contributed by atoms with E-state index in [1.807, 2.05) is 13.2 Å². The van der Waals surface area contributed by atoms with Gasteiger partial charge in [-0.15, -0.1) is 0 Å². The van der Waals surface area contributed by atoms with Gasteiger partial charge in [-0.1, -0.05) is 11.8 Å². The second-order valence-corrected chi connectivity index (χ2v) is 3.38. The van der Waals surface area contributed by atoms with Crippen molar-refractivity contribution in [1.82, 2.24) is 15.0 Å². The molecule has 10 heavy (non-hydrogen) atoms. The SMILES string of the molecule is CSc1nc(C)nc(I)n1. The van der Waals surface area contributed by atoms with E-state index in [4.69, 9.17) is 0 Å². The number of hydrogen-bond acceptors (Lipinski definition) is 4. The number of hydrogen-bond donors (Lipinski definition) is 0. The third-order valence-electron chi connectivity index (χ3n) is 0.882. The second-order valence-electron chi connectivity index (χ2n) is 1.64. The van der Waals surface area contributed by atoms with E-state index < -0.39 is 0 Å². The molecule has 5 heteroatoms. The van der Waals surface area contributed by atoms with Gasteiger partial charge in [0.05, 0.1) is 0 Å². The smallest absolute Gasteiger partial charge is 0.194 e. The molecule has 1 aromatic rings. The Hall–Kier alpha value is 0.0900. The van der Waals surface area contributed by atoms with E-state index in [9.17, 15) is 0 Å². The first-order valence-corrected chi connectivity index (χ1v) is 4.95. The lowest BCUT2D eigenvalue weighted by Gasteiger charge is -1.95. The predicted molar refractivity (Wildman–Crippen MR) is 49.1 cm³/mol. The van der Waals surface area contributed by atoms with Gasteiger partial charge in [0.1, 0.15) is 5.82 Å². The number of thioether (sulfide) groups is 1. The molecule has 0 aliphatic heterocycles. The van der Waals surface area contributed by atoms with Crippen LogP contribution in [0.15, 0.2) is 5.16 Å². The molecule has 0 saturated heterocycles. The van der Waals surface area contributed by atoms with E-state index in [1.54, 1.807) is 0 Å². The number of aromatic nitrogens is 3. The van der Waals surface area contributed by atoms with Gasteiger partial charge in [-0.25, -0.2) is 9.97 Å². The van der Waals surface area contributed by atoms with Crippen molar-refractivity contribution in [2.75, 3.05) is 6.26 Å². The quantitative estimate of drug-likeness (QED) is 0.571. The van der Waals surface area contributed by atoms with Gasteiger partial charge in [0.15, 0.2) is 8.99 Å². The molecule has 0 aliphatic rings. The summed E-state index contributed by atoms with van der Waals surface area (Å²) in [4.78, 5) is 12.2. The first-order valence-electron chi connectivity index (χ1n) is 2.64. The number of nitrogens with zero attached hydrogens (tertiary/aromatic N) is 3. The van der Waals surface area contributed by atoms with Crippen LogP contribution in [0.2, 0.25) is 0 Å². The van der Waals surface area contributed by atoms with Gasteiger partial charge >= 0.3 is 0 Å². The van der Waals surface area contributed by atoms with Crippen molar-refractivity contribution in [3.05, 3.63) is 9.66 Å². The molecular weight excluding hydrogens is 261 g/mol. The fourth-order valence-electron chi connectivity index (χ4n) is 0.517. The molecule has 0 aromatic carbocycles. The Balaban J connectivity index is 3.06. The standard InChI is InChI=1S/C5H6IN3S/c1-3-7-4(6)9-5(8-3)10-2/h1-2H3. The molecule has 54 valence electrons.